The smallest absolute Gasteiger partial charge is 0.325 e. The van der Waals surface area contributed by atoms with Gasteiger partial charge in [0, 0.05) is 13.0 Å². The average Bonchev–Trinajstić information content (AvgIpc) is 2.56. The molecule has 2 rings (SSSR count). The van der Waals surface area contributed by atoms with E-state index in [0.29, 0.717) is 16.8 Å². The van der Waals surface area contributed by atoms with Gasteiger partial charge in [-0.3, -0.25) is 4.79 Å². The van der Waals surface area contributed by atoms with Crippen LogP contribution in [0.5, 0.6) is 0 Å². The van der Waals surface area contributed by atoms with Gasteiger partial charge in [0.25, 0.3) is 0 Å². The molecule has 5 nitrogen and oxygen atoms in total. The average molecular weight is 421 g/mol. The van der Waals surface area contributed by atoms with Crippen molar-refractivity contribution in [3.63, 3.8) is 0 Å². The summed E-state index contributed by atoms with van der Waals surface area (Å²) in [5, 5.41) is 2.84. The third-order valence-electron chi connectivity index (χ3n) is 3.52. The number of benzene rings is 2. The molecular formula is C17H16ClF3N2O3S. The summed E-state index contributed by atoms with van der Waals surface area (Å²) >= 11 is 5.99. The molecule has 0 aliphatic heterocycles. The van der Waals surface area contributed by atoms with Crippen LogP contribution in [0.25, 0.3) is 0 Å². The number of nitrogens with one attached hydrogen (secondary N) is 2. The number of carbonyl (C=O) groups excluding carboxylic acids is 1. The molecule has 0 unspecified atom stereocenters. The van der Waals surface area contributed by atoms with Crippen molar-refractivity contribution < 1.29 is 26.4 Å². The largest absolute Gasteiger partial charge is 0.417 e. The Kier molecular flexibility index (Phi) is 6.50. The second kappa shape index (κ2) is 8.28. The molecule has 27 heavy (non-hydrogen) atoms. The van der Waals surface area contributed by atoms with Gasteiger partial charge in [0.2, 0.25) is 15.9 Å². The summed E-state index contributed by atoms with van der Waals surface area (Å²) in [5.74, 6) is -0.535. The van der Waals surface area contributed by atoms with E-state index >= 15 is 0 Å². The summed E-state index contributed by atoms with van der Waals surface area (Å²) in [6.45, 7) is 1.45. The van der Waals surface area contributed by atoms with Crippen molar-refractivity contribution in [2.75, 3.05) is 11.9 Å². The molecule has 146 valence electrons. The maximum absolute atomic E-state index is 13.0. The van der Waals surface area contributed by atoms with Gasteiger partial charge in [-0.25, -0.2) is 13.1 Å². The highest BCUT2D eigenvalue weighted by Gasteiger charge is 2.36. The Bertz CT molecular complexity index is 947. The predicted octanol–water partition coefficient (Wildman–Crippen LogP) is 3.97. The number of hydrogen-bond acceptors (Lipinski definition) is 3. The van der Waals surface area contributed by atoms with Crippen LogP contribution in [0.2, 0.25) is 5.02 Å². The number of carbonyl (C=O) groups is 1. The van der Waals surface area contributed by atoms with Crippen LogP contribution in [-0.4, -0.2) is 20.9 Å². The minimum absolute atomic E-state index is 0.280. The quantitative estimate of drug-likeness (QED) is 0.742. The van der Waals surface area contributed by atoms with Crippen LogP contribution in [0, 0.1) is 6.92 Å². The lowest BCUT2D eigenvalue weighted by molar-refractivity contribution is -0.139. The fourth-order valence-electron chi connectivity index (χ4n) is 2.25. The molecule has 2 N–H and O–H groups in total. The van der Waals surface area contributed by atoms with E-state index in [2.05, 4.69) is 5.32 Å². The molecule has 10 heteroatoms. The zero-order valence-corrected chi connectivity index (χ0v) is 15.7. The van der Waals surface area contributed by atoms with E-state index in [1.807, 2.05) is 11.6 Å². The highest BCUT2D eigenvalue weighted by atomic mass is 35.5. The predicted molar refractivity (Wildman–Crippen MR) is 96.1 cm³/mol. The van der Waals surface area contributed by atoms with Crippen LogP contribution < -0.4 is 10.0 Å². The molecule has 0 saturated heterocycles. The molecule has 0 radical (unpaired) electrons. The van der Waals surface area contributed by atoms with Crippen molar-refractivity contribution in [1.29, 1.82) is 0 Å². The van der Waals surface area contributed by atoms with E-state index in [4.69, 9.17) is 11.6 Å². The summed E-state index contributed by atoms with van der Waals surface area (Å²) in [4.78, 5) is 11.0. The van der Waals surface area contributed by atoms with Crippen LogP contribution in [0.3, 0.4) is 0 Å². The summed E-state index contributed by atoms with van der Waals surface area (Å²) in [6, 6.07) is 8.81. The van der Waals surface area contributed by atoms with E-state index in [9.17, 15) is 26.4 Å². The zero-order valence-electron chi connectivity index (χ0n) is 14.1. The molecule has 0 spiro atoms. The van der Waals surface area contributed by atoms with Gasteiger partial charge in [-0.05, 0) is 36.8 Å². The zero-order chi connectivity index (χ0) is 20.2. The minimum atomic E-state index is -4.81. The van der Waals surface area contributed by atoms with Crippen molar-refractivity contribution in [3.8, 4) is 0 Å². The van der Waals surface area contributed by atoms with Gasteiger partial charge in [0.15, 0.2) is 0 Å². The van der Waals surface area contributed by atoms with Crippen molar-refractivity contribution in [1.82, 2.24) is 4.72 Å². The molecule has 0 atom stereocenters. The lowest BCUT2D eigenvalue weighted by atomic mass is 10.2. The number of anilines is 1. The SMILES string of the molecule is Cc1ccc(NC(=O)CCNS(=O)(=O)c2ccccc2C(F)(F)F)c(Cl)c1. The summed E-state index contributed by atoms with van der Waals surface area (Å²) < 4.78 is 65.2. The molecule has 1 amide bonds. The van der Waals surface area contributed by atoms with Gasteiger partial charge in [0.1, 0.15) is 0 Å². The van der Waals surface area contributed by atoms with Crippen LogP contribution in [0.1, 0.15) is 17.5 Å². The number of hydrogen-bond donors (Lipinski definition) is 2. The molecule has 2 aromatic carbocycles. The second-order valence-electron chi connectivity index (χ2n) is 5.67. The van der Waals surface area contributed by atoms with Crippen LogP contribution in [0.15, 0.2) is 47.4 Å². The third-order valence-corrected chi connectivity index (χ3v) is 5.36. The highest BCUT2D eigenvalue weighted by Crippen LogP contribution is 2.33. The van der Waals surface area contributed by atoms with Gasteiger partial charge in [-0.15, -0.1) is 0 Å². The van der Waals surface area contributed by atoms with Crippen molar-refractivity contribution in [3.05, 3.63) is 58.6 Å². The number of aryl methyl sites for hydroxylation is 1. The third kappa shape index (κ3) is 5.69. The molecule has 0 bridgehead atoms. The molecule has 0 aromatic heterocycles. The number of alkyl halides is 3. The van der Waals surface area contributed by atoms with Crippen LogP contribution in [0.4, 0.5) is 18.9 Å². The normalized spacial score (nSPS) is 12.0. The van der Waals surface area contributed by atoms with Gasteiger partial charge in [-0.1, -0.05) is 29.8 Å². The van der Waals surface area contributed by atoms with Gasteiger partial charge < -0.3 is 5.32 Å². The topological polar surface area (TPSA) is 75.3 Å². The Morgan fingerprint density at radius 3 is 2.44 bits per heavy atom. The molecule has 2 aromatic rings. The Hall–Kier alpha value is -2.10. The van der Waals surface area contributed by atoms with E-state index in [-0.39, 0.29) is 13.0 Å². The van der Waals surface area contributed by atoms with E-state index in [1.165, 1.54) is 6.07 Å². The first-order chi connectivity index (χ1) is 12.5. The Morgan fingerprint density at radius 1 is 1.15 bits per heavy atom. The van der Waals surface area contributed by atoms with Gasteiger partial charge in [-0.2, -0.15) is 13.2 Å². The molecule has 0 heterocycles. The highest BCUT2D eigenvalue weighted by molar-refractivity contribution is 7.89. The first kappa shape index (κ1) is 21.2. The lowest BCUT2D eigenvalue weighted by Gasteiger charge is -2.13. The van der Waals surface area contributed by atoms with Crippen molar-refractivity contribution in [2.24, 2.45) is 0 Å². The Labute approximate surface area is 159 Å². The second-order valence-corrected chi connectivity index (χ2v) is 7.82. The molecule has 0 fully saturated rings. The van der Waals surface area contributed by atoms with E-state index in [0.717, 1.165) is 17.7 Å². The maximum Gasteiger partial charge on any atom is 0.417 e. The number of rotatable bonds is 6. The monoisotopic (exact) mass is 420 g/mol. The van der Waals surface area contributed by atoms with Gasteiger partial charge in [0.05, 0.1) is 21.2 Å². The maximum atomic E-state index is 13.0. The van der Waals surface area contributed by atoms with E-state index in [1.54, 1.807) is 18.2 Å². The van der Waals surface area contributed by atoms with Gasteiger partial charge >= 0.3 is 6.18 Å². The first-order valence-electron chi connectivity index (χ1n) is 7.72. The van der Waals surface area contributed by atoms with Crippen LogP contribution in [-0.2, 0) is 21.0 Å². The Balaban J connectivity index is 2.01. The summed E-state index contributed by atoms with van der Waals surface area (Å²) in [5.41, 5.74) is -0.0139. The minimum Gasteiger partial charge on any atom is -0.325 e. The Morgan fingerprint density at radius 2 is 1.81 bits per heavy atom. The molecule has 0 aliphatic carbocycles. The lowest BCUT2D eigenvalue weighted by Crippen LogP contribution is -2.29. The van der Waals surface area contributed by atoms with Crippen molar-refractivity contribution >= 4 is 33.2 Å². The number of sulfonamides is 1. The number of halogens is 4. The summed E-state index contributed by atoms with van der Waals surface area (Å²) in [7, 11) is -4.43. The van der Waals surface area contributed by atoms with Crippen LogP contribution >= 0.6 is 11.6 Å². The first-order valence-corrected chi connectivity index (χ1v) is 9.59. The summed E-state index contributed by atoms with van der Waals surface area (Å²) in [6.07, 6.45) is -5.09. The fraction of sp³-hybridized carbons (Fsp3) is 0.235. The van der Waals surface area contributed by atoms with Crippen molar-refractivity contribution in [2.45, 2.75) is 24.4 Å². The molecular weight excluding hydrogens is 405 g/mol. The van der Waals surface area contributed by atoms with E-state index < -0.39 is 32.6 Å². The molecule has 0 aliphatic rings. The molecule has 0 saturated carbocycles. The fourth-order valence-corrected chi connectivity index (χ4v) is 3.79. The number of amides is 1. The standard InChI is InChI=1S/C17H16ClF3N2O3S/c1-11-6-7-14(13(18)10-11)23-16(24)8-9-22-27(25,26)15-5-3-2-4-12(15)17(19,20)21/h2-7,10,22H,8-9H2,1H3,(H,23,24).